The number of nitrogens with one attached hydrogen (secondary N) is 1. The summed E-state index contributed by atoms with van der Waals surface area (Å²) in [6.07, 6.45) is 0. The molecule has 0 atom stereocenters. The van der Waals surface area contributed by atoms with Crippen LogP contribution in [0.5, 0.6) is 5.75 Å². The molecule has 6 heteroatoms. The number of ether oxygens (including phenoxy) is 1. The van der Waals surface area contributed by atoms with Crippen molar-refractivity contribution in [3.63, 3.8) is 0 Å². The molecule has 2 aromatic carbocycles. The largest absolute Gasteiger partial charge is 0.493 e. The predicted molar refractivity (Wildman–Crippen MR) is 88.8 cm³/mol. The van der Waals surface area contributed by atoms with E-state index in [9.17, 15) is 9.18 Å². The van der Waals surface area contributed by atoms with E-state index in [0.717, 1.165) is 5.39 Å². The van der Waals surface area contributed by atoms with Crippen LogP contribution in [-0.4, -0.2) is 18.7 Å². The van der Waals surface area contributed by atoms with Crippen LogP contribution in [0.15, 0.2) is 58.0 Å². The van der Waals surface area contributed by atoms with Gasteiger partial charge in [0.25, 0.3) is 5.91 Å². The third-order valence-electron chi connectivity index (χ3n) is 3.52. The Balaban J connectivity index is 1.80. The van der Waals surface area contributed by atoms with E-state index in [1.54, 1.807) is 20.1 Å². The van der Waals surface area contributed by atoms with Crippen LogP contribution < -0.4 is 10.2 Å². The van der Waals surface area contributed by atoms with Gasteiger partial charge >= 0.3 is 0 Å². The number of furan rings is 1. The third-order valence-corrected chi connectivity index (χ3v) is 3.52. The minimum Gasteiger partial charge on any atom is -0.493 e. The molecule has 1 N–H and O–H groups in total. The van der Waals surface area contributed by atoms with Crippen molar-refractivity contribution in [3.8, 4) is 5.75 Å². The smallest absolute Gasteiger partial charge is 0.271 e. The second kappa shape index (κ2) is 6.54. The Bertz CT molecular complexity index is 914. The molecule has 0 fully saturated rings. The summed E-state index contributed by atoms with van der Waals surface area (Å²) in [5.74, 6) is 0.321. The number of rotatable bonds is 4. The number of fused-ring (bicyclic) bond motifs is 1. The number of benzene rings is 2. The van der Waals surface area contributed by atoms with Gasteiger partial charge in [0, 0.05) is 10.9 Å². The lowest BCUT2D eigenvalue weighted by Gasteiger charge is -2.01. The first kappa shape index (κ1) is 15.7. The Morgan fingerprint density at radius 1 is 1.21 bits per heavy atom. The SMILES string of the molecule is COc1cccc2cc(/C(C)=N\NC(=O)c3ccc(F)cc3)oc12. The summed E-state index contributed by atoms with van der Waals surface area (Å²) >= 11 is 0. The number of nitrogens with zero attached hydrogens (tertiary/aromatic N) is 1. The highest BCUT2D eigenvalue weighted by molar-refractivity contribution is 6.02. The molecule has 1 aromatic heterocycles. The molecule has 0 saturated carbocycles. The van der Waals surface area contributed by atoms with Gasteiger partial charge in [-0.15, -0.1) is 0 Å². The normalized spacial score (nSPS) is 11.5. The van der Waals surface area contributed by atoms with Gasteiger partial charge in [0.15, 0.2) is 17.1 Å². The standard InChI is InChI=1S/C18H15FN2O3/c1-11(20-21-18(22)12-6-8-14(19)9-7-12)16-10-13-4-3-5-15(23-2)17(13)24-16/h3-10H,1-2H3,(H,21,22)/b20-11-. The molecule has 0 aliphatic heterocycles. The molecule has 5 nitrogen and oxygen atoms in total. The Morgan fingerprint density at radius 3 is 2.67 bits per heavy atom. The predicted octanol–water partition coefficient (Wildman–Crippen LogP) is 3.73. The fourth-order valence-corrected chi connectivity index (χ4v) is 2.23. The van der Waals surface area contributed by atoms with E-state index in [1.165, 1.54) is 24.3 Å². The highest BCUT2D eigenvalue weighted by Crippen LogP contribution is 2.28. The van der Waals surface area contributed by atoms with Gasteiger partial charge in [0.2, 0.25) is 0 Å². The van der Waals surface area contributed by atoms with Crippen LogP contribution in [0.25, 0.3) is 11.0 Å². The number of hydrazone groups is 1. The maximum atomic E-state index is 12.9. The monoisotopic (exact) mass is 326 g/mol. The summed E-state index contributed by atoms with van der Waals surface area (Å²) in [7, 11) is 1.57. The lowest BCUT2D eigenvalue weighted by atomic mass is 10.2. The van der Waals surface area contributed by atoms with Gasteiger partial charge in [0.1, 0.15) is 11.5 Å². The van der Waals surface area contributed by atoms with E-state index < -0.39 is 11.7 Å². The number of methoxy groups -OCH3 is 1. The van der Waals surface area contributed by atoms with Crippen molar-refractivity contribution in [3.05, 3.63) is 65.7 Å². The van der Waals surface area contributed by atoms with E-state index in [0.29, 0.717) is 28.4 Å². The number of halogens is 1. The third kappa shape index (κ3) is 3.12. The molecule has 0 aliphatic rings. The lowest BCUT2D eigenvalue weighted by molar-refractivity contribution is 0.0955. The van der Waals surface area contributed by atoms with Crippen molar-refractivity contribution in [1.29, 1.82) is 0 Å². The average Bonchev–Trinajstić information content (AvgIpc) is 3.04. The first-order chi connectivity index (χ1) is 11.6. The highest BCUT2D eigenvalue weighted by atomic mass is 19.1. The quantitative estimate of drug-likeness (QED) is 0.587. The number of hydrogen-bond donors (Lipinski definition) is 1. The topological polar surface area (TPSA) is 63.8 Å². The van der Waals surface area contributed by atoms with E-state index in [2.05, 4.69) is 10.5 Å². The van der Waals surface area contributed by atoms with Gasteiger partial charge in [0.05, 0.1) is 7.11 Å². The first-order valence-electron chi connectivity index (χ1n) is 7.25. The average molecular weight is 326 g/mol. The minimum atomic E-state index is -0.428. The van der Waals surface area contributed by atoms with Crippen molar-refractivity contribution in [1.82, 2.24) is 5.43 Å². The van der Waals surface area contributed by atoms with Crippen molar-refractivity contribution in [2.24, 2.45) is 5.10 Å². The number of carbonyl (C=O) groups is 1. The van der Waals surface area contributed by atoms with Gasteiger partial charge in [-0.2, -0.15) is 5.10 Å². The van der Waals surface area contributed by atoms with E-state index in [1.807, 2.05) is 18.2 Å². The highest BCUT2D eigenvalue weighted by Gasteiger charge is 2.11. The molecule has 0 radical (unpaired) electrons. The molecular weight excluding hydrogens is 311 g/mol. The Hall–Kier alpha value is -3.15. The summed E-state index contributed by atoms with van der Waals surface area (Å²) in [6.45, 7) is 1.72. The maximum Gasteiger partial charge on any atom is 0.271 e. The first-order valence-corrected chi connectivity index (χ1v) is 7.25. The zero-order valence-corrected chi connectivity index (χ0v) is 13.2. The van der Waals surface area contributed by atoms with Gasteiger partial charge in [-0.3, -0.25) is 4.79 Å². The fourth-order valence-electron chi connectivity index (χ4n) is 2.23. The molecule has 0 saturated heterocycles. The van der Waals surface area contributed by atoms with Crippen LogP contribution in [0.1, 0.15) is 23.0 Å². The van der Waals surface area contributed by atoms with E-state index in [-0.39, 0.29) is 0 Å². The molecule has 24 heavy (non-hydrogen) atoms. The fraction of sp³-hybridized carbons (Fsp3) is 0.111. The molecule has 0 aliphatic carbocycles. The zero-order valence-electron chi connectivity index (χ0n) is 13.2. The van der Waals surface area contributed by atoms with Crippen molar-refractivity contribution in [2.45, 2.75) is 6.92 Å². The minimum absolute atomic E-state index is 0.319. The second-order valence-electron chi connectivity index (χ2n) is 5.13. The Kier molecular flexibility index (Phi) is 4.29. The molecule has 3 aromatic rings. The molecule has 122 valence electrons. The molecule has 0 unspecified atom stereocenters. The van der Waals surface area contributed by atoms with Crippen LogP contribution in [0.2, 0.25) is 0 Å². The molecule has 1 amide bonds. The molecule has 1 heterocycles. The molecule has 0 spiro atoms. The molecular formula is C18H15FN2O3. The van der Waals surface area contributed by atoms with Crippen LogP contribution in [0.3, 0.4) is 0 Å². The Morgan fingerprint density at radius 2 is 1.96 bits per heavy atom. The number of hydrogen-bond acceptors (Lipinski definition) is 4. The van der Waals surface area contributed by atoms with Crippen LogP contribution in [0.4, 0.5) is 4.39 Å². The lowest BCUT2D eigenvalue weighted by Crippen LogP contribution is -2.19. The van der Waals surface area contributed by atoms with Gasteiger partial charge in [-0.05, 0) is 43.3 Å². The summed E-state index contributed by atoms with van der Waals surface area (Å²) in [5, 5.41) is 4.91. The van der Waals surface area contributed by atoms with Crippen LogP contribution >= 0.6 is 0 Å². The van der Waals surface area contributed by atoms with Crippen LogP contribution in [0, 0.1) is 5.82 Å². The molecule has 0 bridgehead atoms. The van der Waals surface area contributed by atoms with Crippen molar-refractivity contribution < 1.29 is 18.3 Å². The van der Waals surface area contributed by atoms with Gasteiger partial charge in [-0.1, -0.05) is 12.1 Å². The van der Waals surface area contributed by atoms with Gasteiger partial charge < -0.3 is 9.15 Å². The summed E-state index contributed by atoms with van der Waals surface area (Å²) < 4.78 is 23.9. The molecule has 3 rings (SSSR count). The number of para-hydroxylation sites is 1. The van der Waals surface area contributed by atoms with Crippen molar-refractivity contribution in [2.75, 3.05) is 7.11 Å². The second-order valence-corrected chi connectivity index (χ2v) is 5.13. The number of amides is 1. The van der Waals surface area contributed by atoms with Crippen LogP contribution in [-0.2, 0) is 0 Å². The van der Waals surface area contributed by atoms with E-state index in [4.69, 9.17) is 9.15 Å². The summed E-state index contributed by atoms with van der Waals surface area (Å²) in [5.41, 5.74) is 3.87. The summed E-state index contributed by atoms with van der Waals surface area (Å²) in [4.78, 5) is 12.0. The number of carbonyl (C=O) groups excluding carboxylic acids is 1. The zero-order chi connectivity index (χ0) is 17.1. The van der Waals surface area contributed by atoms with Crippen molar-refractivity contribution >= 4 is 22.6 Å². The van der Waals surface area contributed by atoms with Gasteiger partial charge in [-0.25, -0.2) is 9.82 Å². The van der Waals surface area contributed by atoms with E-state index >= 15 is 0 Å². The Labute approximate surface area is 137 Å². The maximum absolute atomic E-state index is 12.9. The summed E-state index contributed by atoms with van der Waals surface area (Å²) in [6, 6.07) is 12.6.